The Labute approximate surface area is 124 Å². The van der Waals surface area contributed by atoms with Crippen molar-refractivity contribution in [2.75, 3.05) is 0 Å². The first-order chi connectivity index (χ1) is 9.06. The molecule has 0 saturated heterocycles. The van der Waals surface area contributed by atoms with E-state index in [0.717, 1.165) is 17.5 Å². The fourth-order valence-corrected chi connectivity index (χ4v) is 2.23. The molecule has 0 fully saturated rings. The summed E-state index contributed by atoms with van der Waals surface area (Å²) < 4.78 is 26.0. The third-order valence-electron chi connectivity index (χ3n) is 3.15. The predicted octanol–water partition coefficient (Wildman–Crippen LogP) is 4.26. The van der Waals surface area contributed by atoms with Crippen LogP contribution in [0.15, 0.2) is 48.5 Å². The molecule has 0 saturated carbocycles. The third-order valence-corrected chi connectivity index (χ3v) is 3.15. The molecule has 0 amide bonds. The van der Waals surface area contributed by atoms with Gasteiger partial charge >= 0.3 is 0 Å². The van der Waals surface area contributed by atoms with E-state index in [1.54, 1.807) is 24.3 Å². The fourth-order valence-electron chi connectivity index (χ4n) is 2.23. The molecule has 0 aromatic heterocycles. The average Bonchev–Trinajstić information content (AvgIpc) is 2.38. The van der Waals surface area contributed by atoms with Crippen LogP contribution in [0, 0.1) is 11.6 Å². The molecular weight excluding hydrogens is 280 g/mol. The lowest BCUT2D eigenvalue weighted by Crippen LogP contribution is -2.19. The fraction of sp³-hybridized carbons (Fsp3) is 0.250. The number of halogens is 3. The molecule has 1 atom stereocenters. The number of rotatable bonds is 4. The molecule has 0 bridgehead atoms. The predicted molar refractivity (Wildman–Crippen MR) is 80.2 cm³/mol. The smallest absolute Gasteiger partial charge is 0.123 e. The van der Waals surface area contributed by atoms with Gasteiger partial charge in [0.1, 0.15) is 11.6 Å². The van der Waals surface area contributed by atoms with Crippen LogP contribution in [-0.4, -0.2) is 6.04 Å². The maximum atomic E-state index is 13.0. The molecule has 0 aliphatic carbocycles. The van der Waals surface area contributed by atoms with Gasteiger partial charge in [0.15, 0.2) is 0 Å². The average molecular weight is 298 g/mol. The van der Waals surface area contributed by atoms with Gasteiger partial charge in [0.25, 0.3) is 0 Å². The van der Waals surface area contributed by atoms with Crippen molar-refractivity contribution in [1.82, 2.24) is 0 Å². The quantitative estimate of drug-likeness (QED) is 0.897. The third kappa shape index (κ3) is 4.29. The standard InChI is InChI=1S/C16H17F2N.ClH/c1-11(19)10-16(12-2-6-14(17)7-3-12)13-4-8-15(18)9-5-13;/h2-9,11,16H,10,19H2,1H3;1H. The molecule has 2 N–H and O–H groups in total. The number of nitrogens with two attached hydrogens (primary N) is 1. The van der Waals surface area contributed by atoms with Crippen LogP contribution >= 0.6 is 12.4 Å². The molecule has 4 heteroatoms. The maximum Gasteiger partial charge on any atom is 0.123 e. The summed E-state index contributed by atoms with van der Waals surface area (Å²) in [6.45, 7) is 1.93. The first-order valence-electron chi connectivity index (χ1n) is 6.33. The molecule has 1 unspecified atom stereocenters. The van der Waals surface area contributed by atoms with Crippen LogP contribution in [0.4, 0.5) is 8.78 Å². The first-order valence-corrected chi connectivity index (χ1v) is 6.33. The first kappa shape index (κ1) is 16.6. The molecular formula is C16H18ClF2N. The van der Waals surface area contributed by atoms with Crippen LogP contribution in [0.5, 0.6) is 0 Å². The molecule has 20 heavy (non-hydrogen) atoms. The van der Waals surface area contributed by atoms with Crippen LogP contribution in [0.2, 0.25) is 0 Å². The van der Waals surface area contributed by atoms with Gasteiger partial charge in [-0.2, -0.15) is 0 Å². The van der Waals surface area contributed by atoms with Crippen LogP contribution in [0.1, 0.15) is 30.4 Å². The van der Waals surface area contributed by atoms with Crippen molar-refractivity contribution in [1.29, 1.82) is 0 Å². The molecule has 0 heterocycles. The van der Waals surface area contributed by atoms with Gasteiger partial charge in [-0.15, -0.1) is 12.4 Å². The molecule has 0 aliphatic rings. The van der Waals surface area contributed by atoms with Crippen molar-refractivity contribution in [3.05, 3.63) is 71.3 Å². The number of benzene rings is 2. The zero-order valence-corrected chi connectivity index (χ0v) is 12.0. The molecule has 0 spiro atoms. The summed E-state index contributed by atoms with van der Waals surface area (Å²) in [5.41, 5.74) is 7.86. The zero-order chi connectivity index (χ0) is 13.8. The second-order valence-electron chi connectivity index (χ2n) is 4.87. The molecule has 1 nitrogen and oxygen atoms in total. The summed E-state index contributed by atoms with van der Waals surface area (Å²) >= 11 is 0. The van der Waals surface area contributed by atoms with Gasteiger partial charge in [-0.3, -0.25) is 0 Å². The Kier molecular flexibility index (Phi) is 6.11. The van der Waals surface area contributed by atoms with E-state index in [2.05, 4.69) is 0 Å². The summed E-state index contributed by atoms with van der Waals surface area (Å²) in [4.78, 5) is 0. The lowest BCUT2D eigenvalue weighted by Gasteiger charge is -2.20. The highest BCUT2D eigenvalue weighted by molar-refractivity contribution is 5.85. The monoisotopic (exact) mass is 297 g/mol. The van der Waals surface area contributed by atoms with Gasteiger partial charge in [0.05, 0.1) is 0 Å². The number of hydrogen-bond donors (Lipinski definition) is 1. The largest absolute Gasteiger partial charge is 0.328 e. The highest BCUT2D eigenvalue weighted by Gasteiger charge is 2.16. The van der Waals surface area contributed by atoms with E-state index in [-0.39, 0.29) is 36.0 Å². The highest BCUT2D eigenvalue weighted by atomic mass is 35.5. The maximum absolute atomic E-state index is 13.0. The van der Waals surface area contributed by atoms with Crippen molar-refractivity contribution in [3.8, 4) is 0 Å². The van der Waals surface area contributed by atoms with Crippen LogP contribution in [-0.2, 0) is 0 Å². The van der Waals surface area contributed by atoms with E-state index >= 15 is 0 Å². The van der Waals surface area contributed by atoms with Gasteiger partial charge in [-0.1, -0.05) is 24.3 Å². The van der Waals surface area contributed by atoms with Gasteiger partial charge in [0.2, 0.25) is 0 Å². The molecule has 0 aliphatic heterocycles. The molecule has 2 rings (SSSR count). The summed E-state index contributed by atoms with van der Waals surface area (Å²) in [5.74, 6) is -0.467. The minimum Gasteiger partial charge on any atom is -0.328 e. The van der Waals surface area contributed by atoms with Gasteiger partial charge < -0.3 is 5.73 Å². The highest BCUT2D eigenvalue weighted by Crippen LogP contribution is 2.29. The Bertz CT molecular complexity index is 478. The summed E-state index contributed by atoms with van der Waals surface area (Å²) in [7, 11) is 0. The Hall–Kier alpha value is -1.45. The van der Waals surface area contributed by atoms with Gasteiger partial charge in [-0.05, 0) is 48.7 Å². The van der Waals surface area contributed by atoms with E-state index in [1.807, 2.05) is 6.92 Å². The van der Waals surface area contributed by atoms with Crippen molar-refractivity contribution in [3.63, 3.8) is 0 Å². The van der Waals surface area contributed by atoms with Crippen LogP contribution in [0.25, 0.3) is 0 Å². The molecule has 2 aromatic carbocycles. The van der Waals surface area contributed by atoms with Gasteiger partial charge in [0, 0.05) is 12.0 Å². The second kappa shape index (κ2) is 7.36. The minimum atomic E-state index is -0.262. The van der Waals surface area contributed by atoms with E-state index in [9.17, 15) is 8.78 Å². The van der Waals surface area contributed by atoms with Crippen LogP contribution in [0.3, 0.4) is 0 Å². The lowest BCUT2D eigenvalue weighted by atomic mass is 9.86. The summed E-state index contributed by atoms with van der Waals surface area (Å²) in [6, 6.07) is 12.8. The zero-order valence-electron chi connectivity index (χ0n) is 11.2. The molecule has 2 aromatic rings. The van der Waals surface area contributed by atoms with Crippen molar-refractivity contribution in [2.45, 2.75) is 25.3 Å². The topological polar surface area (TPSA) is 26.0 Å². The second-order valence-corrected chi connectivity index (χ2v) is 4.87. The van der Waals surface area contributed by atoms with E-state index in [0.29, 0.717) is 0 Å². The molecule has 0 radical (unpaired) electrons. The van der Waals surface area contributed by atoms with E-state index < -0.39 is 0 Å². The Morgan fingerprint density at radius 3 is 1.50 bits per heavy atom. The minimum absolute atomic E-state index is 0. The van der Waals surface area contributed by atoms with Crippen molar-refractivity contribution < 1.29 is 8.78 Å². The van der Waals surface area contributed by atoms with E-state index in [1.165, 1.54) is 24.3 Å². The summed E-state index contributed by atoms with van der Waals surface area (Å²) in [5, 5.41) is 0. The lowest BCUT2D eigenvalue weighted by molar-refractivity contribution is 0.598. The van der Waals surface area contributed by atoms with Crippen LogP contribution < -0.4 is 5.73 Å². The Balaban J connectivity index is 0.00000200. The number of hydrogen-bond acceptors (Lipinski definition) is 1. The van der Waals surface area contributed by atoms with Crippen molar-refractivity contribution in [2.24, 2.45) is 5.73 Å². The van der Waals surface area contributed by atoms with Gasteiger partial charge in [-0.25, -0.2) is 8.78 Å². The Morgan fingerprint density at radius 1 is 0.850 bits per heavy atom. The van der Waals surface area contributed by atoms with E-state index in [4.69, 9.17) is 5.73 Å². The summed E-state index contributed by atoms with van der Waals surface area (Å²) in [6.07, 6.45) is 0.733. The SMILES string of the molecule is CC(N)CC(c1ccc(F)cc1)c1ccc(F)cc1.Cl. The normalized spacial score (nSPS) is 12.1. The Morgan fingerprint density at radius 2 is 1.20 bits per heavy atom. The van der Waals surface area contributed by atoms with Crippen molar-refractivity contribution >= 4 is 12.4 Å². The molecule has 108 valence electrons.